The summed E-state index contributed by atoms with van der Waals surface area (Å²) >= 11 is 5.96. The molecule has 1 amide bonds. The van der Waals surface area contributed by atoms with Gasteiger partial charge in [0.1, 0.15) is 17.8 Å². The van der Waals surface area contributed by atoms with Crippen LogP contribution in [0.15, 0.2) is 41.3 Å². The number of nitrogens with zero attached hydrogens (tertiary/aromatic N) is 5. The van der Waals surface area contributed by atoms with Crippen LogP contribution < -0.4 is 10.9 Å². The molecule has 1 aromatic carbocycles. The summed E-state index contributed by atoms with van der Waals surface area (Å²) in [5.41, 5.74) is 1.29. The van der Waals surface area contributed by atoms with E-state index in [-0.39, 0.29) is 24.0 Å². The molecule has 0 saturated carbocycles. The number of amides is 1. The van der Waals surface area contributed by atoms with E-state index in [0.29, 0.717) is 39.9 Å². The predicted octanol–water partition coefficient (Wildman–Crippen LogP) is 2.23. The van der Waals surface area contributed by atoms with Crippen molar-refractivity contribution in [3.63, 3.8) is 0 Å². The van der Waals surface area contributed by atoms with Crippen LogP contribution in [0.3, 0.4) is 0 Å². The number of carbonyl (C=O) groups is 1. The number of rotatable bonds is 6. The lowest BCUT2D eigenvalue weighted by Gasteiger charge is -2.09. The van der Waals surface area contributed by atoms with Crippen molar-refractivity contribution in [2.45, 2.75) is 13.8 Å². The highest BCUT2D eigenvalue weighted by molar-refractivity contribution is 6.30. The van der Waals surface area contributed by atoms with E-state index in [4.69, 9.17) is 16.3 Å². The number of aromatic amines is 1. The van der Waals surface area contributed by atoms with Gasteiger partial charge in [0.2, 0.25) is 5.95 Å². The summed E-state index contributed by atoms with van der Waals surface area (Å²) in [5.74, 6) is 0.160. The van der Waals surface area contributed by atoms with Crippen molar-refractivity contribution in [1.29, 1.82) is 0 Å². The van der Waals surface area contributed by atoms with Gasteiger partial charge in [-0.1, -0.05) is 11.6 Å². The Morgan fingerprint density at radius 2 is 2.03 bits per heavy atom. The third-order valence-corrected chi connectivity index (χ3v) is 4.49. The first kappa shape index (κ1) is 19.8. The summed E-state index contributed by atoms with van der Waals surface area (Å²) in [6.45, 7) is 3.90. The standard InChI is InChI=1S/C19H18ClN7O3/c1-3-30-10-16(28)22-15-8-11(2)25-27(15)19-23-17-14(18(29)24-19)9-21-26(17)13-6-4-12(20)5-7-13/h4-9H,3,10H2,1-2H3,(H,22,28)(H,23,24,29). The Bertz CT molecular complexity index is 1270. The summed E-state index contributed by atoms with van der Waals surface area (Å²) in [7, 11) is 0. The van der Waals surface area contributed by atoms with Crippen LogP contribution in [0.1, 0.15) is 12.6 Å². The fourth-order valence-corrected chi connectivity index (χ4v) is 3.03. The Balaban J connectivity index is 1.79. The minimum atomic E-state index is -0.380. The third kappa shape index (κ3) is 3.82. The van der Waals surface area contributed by atoms with E-state index >= 15 is 0 Å². The lowest BCUT2D eigenvalue weighted by molar-refractivity contribution is -0.120. The number of carbonyl (C=O) groups excluding carboxylic acids is 1. The second kappa shape index (κ2) is 8.09. The highest BCUT2D eigenvalue weighted by Gasteiger charge is 2.17. The van der Waals surface area contributed by atoms with Crippen molar-refractivity contribution in [3.05, 3.63) is 57.6 Å². The maximum absolute atomic E-state index is 12.6. The monoisotopic (exact) mass is 427 g/mol. The summed E-state index contributed by atoms with van der Waals surface area (Å²) in [6, 6.07) is 8.66. The first-order chi connectivity index (χ1) is 14.5. The number of halogens is 1. The maximum Gasteiger partial charge on any atom is 0.263 e. The van der Waals surface area contributed by atoms with Crippen molar-refractivity contribution >= 4 is 34.4 Å². The van der Waals surface area contributed by atoms with Crippen LogP contribution in [0.4, 0.5) is 5.82 Å². The smallest absolute Gasteiger partial charge is 0.263 e. The molecule has 0 spiro atoms. The molecule has 0 aliphatic heterocycles. The van der Waals surface area contributed by atoms with Gasteiger partial charge in [-0.2, -0.15) is 19.9 Å². The minimum Gasteiger partial charge on any atom is -0.372 e. The van der Waals surface area contributed by atoms with Crippen LogP contribution in [0.2, 0.25) is 5.02 Å². The van der Waals surface area contributed by atoms with Gasteiger partial charge in [0.15, 0.2) is 5.65 Å². The Morgan fingerprint density at radius 3 is 2.77 bits per heavy atom. The average molecular weight is 428 g/mol. The lowest BCUT2D eigenvalue weighted by atomic mass is 10.3. The number of aromatic nitrogens is 6. The highest BCUT2D eigenvalue weighted by atomic mass is 35.5. The number of aryl methyl sites for hydroxylation is 1. The summed E-state index contributed by atoms with van der Waals surface area (Å²) in [6.07, 6.45) is 1.44. The van der Waals surface area contributed by atoms with Crippen molar-refractivity contribution < 1.29 is 9.53 Å². The molecule has 4 rings (SSSR count). The van der Waals surface area contributed by atoms with Gasteiger partial charge in [0.25, 0.3) is 11.5 Å². The molecule has 0 atom stereocenters. The van der Waals surface area contributed by atoms with Gasteiger partial charge in [-0.25, -0.2) is 4.68 Å². The SMILES string of the molecule is CCOCC(=O)Nc1cc(C)nn1-c1nc2c(cnn2-c2ccc(Cl)cc2)c(=O)[nH]1. The van der Waals surface area contributed by atoms with Crippen LogP contribution in [0.5, 0.6) is 0 Å². The normalized spacial score (nSPS) is 11.2. The molecule has 4 aromatic rings. The van der Waals surface area contributed by atoms with E-state index in [2.05, 4.69) is 25.5 Å². The van der Waals surface area contributed by atoms with Crippen molar-refractivity contribution in [2.75, 3.05) is 18.5 Å². The van der Waals surface area contributed by atoms with E-state index in [9.17, 15) is 9.59 Å². The van der Waals surface area contributed by atoms with Gasteiger partial charge in [0.05, 0.1) is 17.6 Å². The molecule has 0 aliphatic rings. The summed E-state index contributed by atoms with van der Waals surface area (Å²) in [5, 5.41) is 12.2. The molecule has 0 radical (unpaired) electrons. The van der Waals surface area contributed by atoms with Gasteiger partial charge >= 0.3 is 0 Å². The van der Waals surface area contributed by atoms with Gasteiger partial charge in [-0.3, -0.25) is 14.6 Å². The highest BCUT2D eigenvalue weighted by Crippen LogP contribution is 2.19. The molecular weight excluding hydrogens is 410 g/mol. The quantitative estimate of drug-likeness (QED) is 0.487. The number of ether oxygens (including phenoxy) is 1. The fourth-order valence-electron chi connectivity index (χ4n) is 2.90. The number of nitrogens with one attached hydrogen (secondary N) is 2. The Morgan fingerprint density at radius 1 is 1.27 bits per heavy atom. The number of benzene rings is 1. The zero-order valence-electron chi connectivity index (χ0n) is 16.2. The summed E-state index contributed by atoms with van der Waals surface area (Å²) in [4.78, 5) is 31.9. The molecule has 10 nitrogen and oxygen atoms in total. The molecular formula is C19H18ClN7O3. The Hall–Kier alpha value is -3.50. The lowest BCUT2D eigenvalue weighted by Crippen LogP contribution is -2.22. The Labute approximate surface area is 175 Å². The van der Waals surface area contributed by atoms with E-state index < -0.39 is 0 Å². The van der Waals surface area contributed by atoms with Crippen molar-refractivity contribution in [3.8, 4) is 11.6 Å². The molecule has 0 unspecified atom stereocenters. The number of H-pyrrole nitrogens is 1. The first-order valence-corrected chi connectivity index (χ1v) is 9.52. The van der Waals surface area contributed by atoms with Crippen LogP contribution in [-0.2, 0) is 9.53 Å². The topological polar surface area (TPSA) is 120 Å². The van der Waals surface area contributed by atoms with E-state index in [1.54, 1.807) is 44.2 Å². The fraction of sp³-hybridized carbons (Fsp3) is 0.211. The minimum absolute atomic E-state index is 0.0902. The largest absolute Gasteiger partial charge is 0.372 e. The molecule has 154 valence electrons. The molecule has 0 aliphatic carbocycles. The molecule has 2 N–H and O–H groups in total. The van der Waals surface area contributed by atoms with E-state index in [0.717, 1.165) is 0 Å². The zero-order valence-corrected chi connectivity index (χ0v) is 17.0. The molecule has 3 heterocycles. The van der Waals surface area contributed by atoms with Crippen molar-refractivity contribution in [2.24, 2.45) is 0 Å². The average Bonchev–Trinajstić information content (AvgIpc) is 3.30. The number of fused-ring (bicyclic) bond motifs is 1. The number of anilines is 1. The molecule has 30 heavy (non-hydrogen) atoms. The second-order valence-electron chi connectivity index (χ2n) is 6.43. The second-order valence-corrected chi connectivity index (χ2v) is 6.86. The molecule has 0 fully saturated rings. The number of hydrogen-bond acceptors (Lipinski definition) is 6. The predicted molar refractivity (Wildman–Crippen MR) is 111 cm³/mol. The molecule has 11 heteroatoms. The van der Waals surface area contributed by atoms with E-state index in [1.807, 2.05) is 0 Å². The van der Waals surface area contributed by atoms with Crippen LogP contribution in [-0.4, -0.2) is 48.6 Å². The molecule has 3 aromatic heterocycles. The van der Waals surface area contributed by atoms with Gasteiger partial charge in [-0.15, -0.1) is 0 Å². The third-order valence-electron chi connectivity index (χ3n) is 4.23. The maximum atomic E-state index is 12.6. The first-order valence-electron chi connectivity index (χ1n) is 9.15. The molecule has 0 saturated heterocycles. The molecule has 0 bridgehead atoms. The van der Waals surface area contributed by atoms with Gasteiger partial charge in [-0.05, 0) is 38.1 Å². The van der Waals surface area contributed by atoms with Crippen LogP contribution >= 0.6 is 11.6 Å². The van der Waals surface area contributed by atoms with E-state index in [1.165, 1.54) is 15.6 Å². The van der Waals surface area contributed by atoms with Gasteiger partial charge in [0, 0.05) is 17.7 Å². The van der Waals surface area contributed by atoms with Gasteiger partial charge < -0.3 is 10.1 Å². The Kier molecular flexibility index (Phi) is 5.34. The van der Waals surface area contributed by atoms with Crippen LogP contribution in [0.25, 0.3) is 22.7 Å². The number of hydrogen-bond donors (Lipinski definition) is 2. The zero-order chi connectivity index (χ0) is 21.3. The summed E-state index contributed by atoms with van der Waals surface area (Å²) < 4.78 is 8.02. The van der Waals surface area contributed by atoms with Crippen LogP contribution in [0, 0.1) is 6.92 Å². The van der Waals surface area contributed by atoms with Crippen molar-refractivity contribution in [1.82, 2.24) is 29.5 Å².